The lowest BCUT2D eigenvalue weighted by Crippen LogP contribution is -2.03. The molecule has 3 heteroatoms. The molecule has 70 valence electrons. The Hall–Kier alpha value is -1.36. The first-order valence-electron chi connectivity index (χ1n) is 4.14. The Morgan fingerprint density at radius 3 is 2.50 bits per heavy atom. The van der Waals surface area contributed by atoms with E-state index in [-0.39, 0.29) is 5.92 Å². The van der Waals surface area contributed by atoms with Gasteiger partial charge in [-0.3, -0.25) is 5.41 Å². The van der Waals surface area contributed by atoms with Gasteiger partial charge in [0.1, 0.15) is 6.07 Å². The van der Waals surface area contributed by atoms with Crippen LogP contribution < -0.4 is 0 Å². The number of hydrogen-bond donors (Lipinski definition) is 1. The van der Waals surface area contributed by atoms with Gasteiger partial charge in [0.05, 0.1) is 5.57 Å². The topological polar surface area (TPSA) is 47.6 Å². The van der Waals surface area contributed by atoms with Gasteiger partial charge in [0, 0.05) is 11.2 Å². The van der Waals surface area contributed by atoms with Crippen molar-refractivity contribution in [1.82, 2.24) is 0 Å². The van der Waals surface area contributed by atoms with Crippen LogP contribution in [0.25, 0.3) is 0 Å². The first-order valence-corrected chi connectivity index (χ1v) is 5.26. The molecule has 0 aliphatic carbocycles. The molecule has 0 radical (unpaired) electrons. The Morgan fingerprint density at radius 2 is 2.07 bits per heavy atom. The third-order valence-electron chi connectivity index (χ3n) is 1.96. The highest BCUT2D eigenvalue weighted by Gasteiger charge is 2.14. The van der Waals surface area contributed by atoms with Crippen molar-refractivity contribution in [2.75, 3.05) is 5.33 Å². The molecule has 14 heavy (non-hydrogen) atoms. The maximum absolute atomic E-state index is 8.80. The van der Waals surface area contributed by atoms with Gasteiger partial charge in [0.15, 0.2) is 0 Å². The second kappa shape index (κ2) is 5.39. The highest BCUT2D eigenvalue weighted by Crippen LogP contribution is 2.23. The van der Waals surface area contributed by atoms with Crippen LogP contribution in [0.3, 0.4) is 0 Å². The molecule has 0 aliphatic rings. The summed E-state index contributed by atoms with van der Waals surface area (Å²) in [6, 6.07) is 11.6. The van der Waals surface area contributed by atoms with Crippen LogP contribution in [0, 0.1) is 16.7 Å². The minimum Gasteiger partial charge on any atom is -0.258 e. The van der Waals surface area contributed by atoms with E-state index in [1.807, 2.05) is 36.4 Å². The zero-order valence-corrected chi connectivity index (χ0v) is 9.08. The average molecular weight is 249 g/mol. The fourth-order valence-electron chi connectivity index (χ4n) is 1.21. The van der Waals surface area contributed by atoms with E-state index in [2.05, 4.69) is 21.8 Å². The summed E-state index contributed by atoms with van der Waals surface area (Å²) in [5.74, 6) is 2.11. The highest BCUT2D eigenvalue weighted by molar-refractivity contribution is 9.09. The van der Waals surface area contributed by atoms with E-state index >= 15 is 0 Å². The quantitative estimate of drug-likeness (QED) is 0.499. The highest BCUT2D eigenvalue weighted by atomic mass is 79.9. The number of rotatable bonds is 3. The summed E-state index contributed by atoms with van der Waals surface area (Å²) in [5.41, 5.74) is 1.38. The maximum Gasteiger partial charge on any atom is 0.105 e. The third-order valence-corrected chi connectivity index (χ3v) is 2.61. The van der Waals surface area contributed by atoms with Gasteiger partial charge in [-0.2, -0.15) is 5.26 Å². The summed E-state index contributed by atoms with van der Waals surface area (Å²) in [6.07, 6.45) is 0. The van der Waals surface area contributed by atoms with Gasteiger partial charge in [0.2, 0.25) is 0 Å². The molecule has 0 heterocycles. The summed E-state index contributed by atoms with van der Waals surface area (Å²) in [5, 5.41) is 16.4. The second-order valence-electron chi connectivity index (χ2n) is 2.77. The third kappa shape index (κ3) is 2.32. The van der Waals surface area contributed by atoms with Crippen molar-refractivity contribution in [3.8, 4) is 6.07 Å². The maximum atomic E-state index is 8.80. The summed E-state index contributed by atoms with van der Waals surface area (Å²) >= 11 is 3.34. The fraction of sp³-hybridized carbons (Fsp3) is 0.182. The Bertz CT molecular complexity index is 385. The number of allylic oxidation sites excluding steroid dienone is 1. The normalized spacial score (nSPS) is 11.1. The predicted molar refractivity (Wildman–Crippen MR) is 59.8 cm³/mol. The van der Waals surface area contributed by atoms with Crippen molar-refractivity contribution < 1.29 is 0 Å². The molecule has 1 aromatic rings. The van der Waals surface area contributed by atoms with Crippen molar-refractivity contribution in [1.29, 1.82) is 10.7 Å². The van der Waals surface area contributed by atoms with E-state index in [0.29, 0.717) is 10.9 Å². The van der Waals surface area contributed by atoms with Crippen molar-refractivity contribution in [3.63, 3.8) is 0 Å². The SMILES string of the molecule is N#CC(=C=N)C(CBr)c1ccccc1. The number of alkyl halides is 1. The van der Waals surface area contributed by atoms with Crippen LogP contribution in [0.2, 0.25) is 0 Å². The molecule has 1 N–H and O–H groups in total. The number of benzene rings is 1. The summed E-state index contributed by atoms with van der Waals surface area (Å²) in [7, 11) is 0. The van der Waals surface area contributed by atoms with Crippen molar-refractivity contribution in [2.45, 2.75) is 5.92 Å². The van der Waals surface area contributed by atoms with Crippen LogP contribution in [-0.2, 0) is 0 Å². The van der Waals surface area contributed by atoms with Gasteiger partial charge >= 0.3 is 0 Å². The first kappa shape index (κ1) is 10.7. The van der Waals surface area contributed by atoms with Crippen molar-refractivity contribution in [3.05, 3.63) is 41.5 Å². The van der Waals surface area contributed by atoms with E-state index in [1.54, 1.807) is 0 Å². The molecule has 1 unspecified atom stereocenters. The Kier molecular flexibility index (Phi) is 4.12. The standard InChI is InChI=1S/C11H9BrN2/c12-6-11(10(7-13)8-14)9-4-2-1-3-5-9/h1-5,11,13H,6H2. The molecule has 1 aromatic carbocycles. The molecular weight excluding hydrogens is 240 g/mol. The molecule has 2 nitrogen and oxygen atoms in total. The summed E-state index contributed by atoms with van der Waals surface area (Å²) < 4.78 is 0. The fourth-order valence-corrected chi connectivity index (χ4v) is 1.91. The minimum atomic E-state index is -0.0706. The Morgan fingerprint density at radius 1 is 1.43 bits per heavy atom. The molecule has 0 saturated carbocycles. The van der Waals surface area contributed by atoms with E-state index in [9.17, 15) is 0 Å². The van der Waals surface area contributed by atoms with Gasteiger partial charge in [-0.15, -0.1) is 0 Å². The Labute approximate surface area is 91.5 Å². The number of halogens is 1. The zero-order chi connectivity index (χ0) is 10.4. The van der Waals surface area contributed by atoms with E-state index in [0.717, 1.165) is 5.56 Å². The largest absolute Gasteiger partial charge is 0.258 e. The van der Waals surface area contributed by atoms with Gasteiger partial charge < -0.3 is 0 Å². The summed E-state index contributed by atoms with van der Waals surface area (Å²) in [4.78, 5) is 0. The van der Waals surface area contributed by atoms with Gasteiger partial charge in [0.25, 0.3) is 0 Å². The van der Waals surface area contributed by atoms with Crippen LogP contribution in [0.1, 0.15) is 11.5 Å². The molecule has 1 rings (SSSR count). The molecule has 0 aliphatic heterocycles. The lowest BCUT2D eigenvalue weighted by atomic mass is 9.95. The molecular formula is C11H9BrN2. The number of nitriles is 1. The predicted octanol–water partition coefficient (Wildman–Crippen LogP) is 2.86. The smallest absolute Gasteiger partial charge is 0.105 e. The van der Waals surface area contributed by atoms with Crippen LogP contribution in [0.4, 0.5) is 0 Å². The minimum absolute atomic E-state index is 0.0706. The Balaban J connectivity index is 3.06. The first-order chi connectivity index (χ1) is 6.83. The molecule has 0 fully saturated rings. The molecule has 0 saturated heterocycles. The van der Waals surface area contributed by atoms with Crippen LogP contribution in [-0.4, -0.2) is 11.2 Å². The number of nitrogens with one attached hydrogen (secondary N) is 1. The molecule has 1 atom stereocenters. The number of hydrogen-bond acceptors (Lipinski definition) is 2. The van der Waals surface area contributed by atoms with Crippen LogP contribution in [0.5, 0.6) is 0 Å². The molecule has 0 spiro atoms. The van der Waals surface area contributed by atoms with E-state index in [4.69, 9.17) is 10.7 Å². The molecule has 0 aromatic heterocycles. The molecule has 0 bridgehead atoms. The lowest BCUT2D eigenvalue weighted by molar-refractivity contribution is 0.959. The van der Waals surface area contributed by atoms with Crippen LogP contribution >= 0.6 is 15.9 Å². The van der Waals surface area contributed by atoms with E-state index in [1.165, 1.54) is 0 Å². The van der Waals surface area contributed by atoms with Crippen LogP contribution in [0.15, 0.2) is 35.9 Å². The lowest BCUT2D eigenvalue weighted by Gasteiger charge is -2.10. The molecule has 0 amide bonds. The van der Waals surface area contributed by atoms with Gasteiger partial charge in [-0.1, -0.05) is 46.3 Å². The number of nitrogens with zero attached hydrogens (tertiary/aromatic N) is 1. The second-order valence-corrected chi connectivity index (χ2v) is 3.42. The average Bonchev–Trinajstić information content (AvgIpc) is 2.27. The summed E-state index contributed by atoms with van der Waals surface area (Å²) in [6.45, 7) is 0. The monoisotopic (exact) mass is 248 g/mol. The van der Waals surface area contributed by atoms with Gasteiger partial charge in [-0.25, -0.2) is 0 Å². The van der Waals surface area contributed by atoms with E-state index < -0.39 is 0 Å². The van der Waals surface area contributed by atoms with Gasteiger partial charge in [-0.05, 0) is 11.4 Å². The van der Waals surface area contributed by atoms with Crippen molar-refractivity contribution >= 4 is 21.8 Å². The van der Waals surface area contributed by atoms with Crippen molar-refractivity contribution in [2.24, 2.45) is 0 Å². The zero-order valence-electron chi connectivity index (χ0n) is 7.50.